The van der Waals surface area contributed by atoms with Crippen LogP contribution >= 0.6 is 0 Å². The van der Waals surface area contributed by atoms with Gasteiger partial charge in [0.05, 0.1) is 30.3 Å². The first-order chi connectivity index (χ1) is 12.5. The SMILES string of the molecule is C[C@@H]1CCO[C@@]2(CCC3=Cc4c(cnn4-c4ccc(F)cc4)C[C@@]32C)O1. The third-order valence-corrected chi connectivity index (χ3v) is 6.34. The fourth-order valence-corrected chi connectivity index (χ4v) is 4.82. The van der Waals surface area contributed by atoms with Gasteiger partial charge in [0.25, 0.3) is 0 Å². The minimum atomic E-state index is -0.522. The van der Waals surface area contributed by atoms with Crippen molar-refractivity contribution >= 4 is 6.08 Å². The van der Waals surface area contributed by atoms with E-state index in [1.165, 1.54) is 23.3 Å². The Labute approximate surface area is 152 Å². The summed E-state index contributed by atoms with van der Waals surface area (Å²) < 4.78 is 27.8. The molecule has 3 atom stereocenters. The molecule has 2 aromatic rings. The molecular weight excluding hydrogens is 331 g/mol. The summed E-state index contributed by atoms with van der Waals surface area (Å²) >= 11 is 0. The molecule has 1 aliphatic heterocycles. The van der Waals surface area contributed by atoms with Crippen LogP contribution in [0.2, 0.25) is 0 Å². The van der Waals surface area contributed by atoms with Gasteiger partial charge < -0.3 is 9.47 Å². The van der Waals surface area contributed by atoms with E-state index in [1.807, 2.05) is 10.9 Å². The predicted octanol–water partition coefficient (Wildman–Crippen LogP) is 4.27. The van der Waals surface area contributed by atoms with Gasteiger partial charge in [0, 0.05) is 11.8 Å². The average Bonchev–Trinajstić information content (AvgIpc) is 3.13. The molecule has 2 aliphatic carbocycles. The van der Waals surface area contributed by atoms with Crippen LogP contribution in [0.4, 0.5) is 4.39 Å². The largest absolute Gasteiger partial charge is 0.349 e. The van der Waals surface area contributed by atoms with Gasteiger partial charge in [-0.25, -0.2) is 9.07 Å². The Morgan fingerprint density at radius 3 is 2.85 bits per heavy atom. The Morgan fingerprint density at radius 2 is 2.08 bits per heavy atom. The fraction of sp³-hybridized carbons (Fsp3) is 0.476. The van der Waals surface area contributed by atoms with Crippen LogP contribution in [0.15, 0.2) is 36.0 Å². The van der Waals surface area contributed by atoms with Crippen LogP contribution in [0.5, 0.6) is 0 Å². The number of rotatable bonds is 1. The number of halogens is 1. The summed E-state index contributed by atoms with van der Waals surface area (Å²) in [5.41, 5.74) is 4.35. The first-order valence-corrected chi connectivity index (χ1v) is 9.36. The minimum absolute atomic E-state index is 0.161. The normalized spacial score (nSPS) is 33.0. The zero-order valence-corrected chi connectivity index (χ0v) is 15.2. The van der Waals surface area contributed by atoms with Crippen molar-refractivity contribution in [1.29, 1.82) is 0 Å². The average molecular weight is 354 g/mol. The molecule has 1 aromatic carbocycles. The molecule has 0 N–H and O–H groups in total. The van der Waals surface area contributed by atoms with E-state index in [2.05, 4.69) is 25.0 Å². The van der Waals surface area contributed by atoms with E-state index in [9.17, 15) is 4.39 Å². The maximum absolute atomic E-state index is 13.3. The summed E-state index contributed by atoms with van der Waals surface area (Å²) in [6, 6.07) is 6.47. The molecular formula is C21H23FN2O2. The van der Waals surface area contributed by atoms with Crippen LogP contribution in [0.25, 0.3) is 11.8 Å². The van der Waals surface area contributed by atoms with Gasteiger partial charge in [0.2, 0.25) is 0 Å². The van der Waals surface area contributed by atoms with Crippen molar-refractivity contribution in [3.05, 3.63) is 53.1 Å². The summed E-state index contributed by atoms with van der Waals surface area (Å²) in [6.07, 6.45) is 8.06. The zero-order valence-electron chi connectivity index (χ0n) is 15.2. The van der Waals surface area contributed by atoms with Crippen molar-refractivity contribution in [1.82, 2.24) is 9.78 Å². The third kappa shape index (κ3) is 2.17. The predicted molar refractivity (Wildman–Crippen MR) is 96.4 cm³/mol. The molecule has 0 bridgehead atoms. The molecule has 2 fully saturated rings. The molecule has 1 aromatic heterocycles. The lowest BCUT2D eigenvalue weighted by atomic mass is 9.71. The monoisotopic (exact) mass is 354 g/mol. The number of aromatic nitrogens is 2. The van der Waals surface area contributed by atoms with Crippen molar-refractivity contribution in [2.75, 3.05) is 6.61 Å². The maximum Gasteiger partial charge on any atom is 0.178 e. The van der Waals surface area contributed by atoms with Crippen LogP contribution in [-0.2, 0) is 15.9 Å². The summed E-state index contributed by atoms with van der Waals surface area (Å²) in [5, 5.41) is 4.57. The van der Waals surface area contributed by atoms with E-state index in [-0.39, 0.29) is 17.3 Å². The second-order valence-corrected chi connectivity index (χ2v) is 7.94. The van der Waals surface area contributed by atoms with E-state index in [0.717, 1.165) is 43.7 Å². The van der Waals surface area contributed by atoms with E-state index < -0.39 is 5.79 Å². The quantitative estimate of drug-likeness (QED) is 0.767. The molecule has 3 aliphatic rings. The Balaban J connectivity index is 1.56. The van der Waals surface area contributed by atoms with Crippen molar-refractivity contribution < 1.29 is 13.9 Å². The summed E-state index contributed by atoms with van der Waals surface area (Å²) in [5.74, 6) is -0.759. The van der Waals surface area contributed by atoms with E-state index >= 15 is 0 Å². The summed E-state index contributed by atoms with van der Waals surface area (Å²) in [7, 11) is 0. The lowest BCUT2D eigenvalue weighted by Gasteiger charge is -2.48. The molecule has 1 saturated carbocycles. The molecule has 2 heterocycles. The Morgan fingerprint density at radius 1 is 1.27 bits per heavy atom. The maximum atomic E-state index is 13.3. The fourth-order valence-electron chi connectivity index (χ4n) is 4.82. The van der Waals surface area contributed by atoms with Crippen molar-refractivity contribution in [2.24, 2.45) is 5.41 Å². The Bertz CT molecular complexity index is 888. The summed E-state index contributed by atoms with van der Waals surface area (Å²) in [6.45, 7) is 5.16. The molecule has 26 heavy (non-hydrogen) atoms. The lowest BCUT2D eigenvalue weighted by molar-refractivity contribution is -0.324. The topological polar surface area (TPSA) is 36.3 Å². The van der Waals surface area contributed by atoms with Crippen LogP contribution in [0.1, 0.15) is 44.4 Å². The van der Waals surface area contributed by atoms with Gasteiger partial charge in [0.15, 0.2) is 5.79 Å². The van der Waals surface area contributed by atoms with Gasteiger partial charge >= 0.3 is 0 Å². The minimum Gasteiger partial charge on any atom is -0.349 e. The number of fused-ring (bicyclic) bond motifs is 3. The second kappa shape index (κ2) is 5.51. The number of benzene rings is 1. The molecule has 5 heteroatoms. The van der Waals surface area contributed by atoms with Crippen LogP contribution < -0.4 is 0 Å². The zero-order chi connectivity index (χ0) is 17.9. The van der Waals surface area contributed by atoms with E-state index in [1.54, 1.807) is 12.1 Å². The van der Waals surface area contributed by atoms with Gasteiger partial charge in [-0.2, -0.15) is 5.10 Å². The molecule has 1 spiro atoms. The van der Waals surface area contributed by atoms with Gasteiger partial charge in [0.1, 0.15) is 5.82 Å². The van der Waals surface area contributed by atoms with Gasteiger partial charge in [-0.05, 0) is 62.1 Å². The standard InChI is InChI=1S/C21H23FN2O2/c1-14-8-10-25-21(26-14)9-7-16-11-19-15(12-20(16,21)2)13-23-24(19)18-5-3-17(22)4-6-18/h3-6,11,13-14H,7-10,12H2,1-2H3/t14-,20+,21+/m1/s1. The van der Waals surface area contributed by atoms with Crippen LogP contribution in [-0.4, -0.2) is 28.3 Å². The lowest BCUT2D eigenvalue weighted by Crippen LogP contribution is -2.53. The molecule has 0 radical (unpaired) electrons. The first kappa shape index (κ1) is 16.2. The van der Waals surface area contributed by atoms with Gasteiger partial charge in [-0.1, -0.05) is 12.5 Å². The third-order valence-electron chi connectivity index (χ3n) is 6.34. The number of hydrogen-bond donors (Lipinski definition) is 0. The number of hydrogen-bond acceptors (Lipinski definition) is 3. The van der Waals surface area contributed by atoms with Crippen molar-refractivity contribution in [3.63, 3.8) is 0 Å². The molecule has 136 valence electrons. The van der Waals surface area contributed by atoms with Crippen LogP contribution in [0.3, 0.4) is 0 Å². The smallest absolute Gasteiger partial charge is 0.178 e. The van der Waals surface area contributed by atoms with E-state index in [0.29, 0.717) is 0 Å². The highest BCUT2D eigenvalue weighted by Gasteiger charge is 2.59. The highest BCUT2D eigenvalue weighted by atomic mass is 19.1. The van der Waals surface area contributed by atoms with Crippen molar-refractivity contribution in [3.8, 4) is 5.69 Å². The molecule has 5 rings (SSSR count). The first-order valence-electron chi connectivity index (χ1n) is 9.36. The van der Waals surface area contributed by atoms with Crippen molar-refractivity contribution in [2.45, 2.75) is 51.4 Å². The van der Waals surface area contributed by atoms with Gasteiger partial charge in [-0.3, -0.25) is 0 Å². The number of ether oxygens (including phenoxy) is 2. The highest BCUT2D eigenvalue weighted by molar-refractivity contribution is 5.62. The summed E-state index contributed by atoms with van der Waals surface area (Å²) in [4.78, 5) is 0. The number of nitrogens with zero attached hydrogens (tertiary/aromatic N) is 2. The Kier molecular flexibility index (Phi) is 3.43. The highest BCUT2D eigenvalue weighted by Crippen LogP contribution is 2.58. The molecule has 0 unspecified atom stereocenters. The Hall–Kier alpha value is -1.98. The van der Waals surface area contributed by atoms with Crippen LogP contribution in [0, 0.1) is 11.2 Å². The van der Waals surface area contributed by atoms with Gasteiger partial charge in [-0.15, -0.1) is 0 Å². The van der Waals surface area contributed by atoms with E-state index in [4.69, 9.17) is 9.47 Å². The molecule has 4 nitrogen and oxygen atoms in total. The molecule has 0 amide bonds. The molecule has 1 saturated heterocycles. The second-order valence-electron chi connectivity index (χ2n) is 7.94.